The van der Waals surface area contributed by atoms with Crippen LogP contribution in [0.1, 0.15) is 53.1 Å². The van der Waals surface area contributed by atoms with Crippen molar-refractivity contribution in [3.05, 3.63) is 135 Å². The number of aliphatic hydroxyl groups is 1. The first-order chi connectivity index (χ1) is 42.2. The highest BCUT2D eigenvalue weighted by atomic mass is 32.2. The van der Waals surface area contributed by atoms with Crippen molar-refractivity contribution in [3.8, 4) is 11.4 Å². The van der Waals surface area contributed by atoms with E-state index >= 15 is 4.39 Å². The van der Waals surface area contributed by atoms with E-state index in [0.29, 0.717) is 58.6 Å². The van der Waals surface area contributed by atoms with Crippen molar-refractivity contribution in [2.75, 3.05) is 97.3 Å². The van der Waals surface area contributed by atoms with Gasteiger partial charge in [-0.15, -0.1) is 0 Å². The molecule has 5 aromatic rings. The summed E-state index contributed by atoms with van der Waals surface area (Å²) in [5, 5.41) is 24.6. The molecule has 6 heterocycles. The van der Waals surface area contributed by atoms with Crippen molar-refractivity contribution in [3.63, 3.8) is 0 Å². The number of nitrogens with zero attached hydrogens (tertiary/aromatic N) is 5. The molecule has 2 atom stereocenters. The molecule has 0 unspecified atom stereocenters. The number of esters is 1. The first-order valence-corrected chi connectivity index (χ1v) is 30.0. The zero-order valence-corrected chi connectivity index (χ0v) is 49.2. The Hall–Kier alpha value is -8.64. The van der Waals surface area contributed by atoms with E-state index in [4.69, 9.17) is 23.9 Å². The summed E-state index contributed by atoms with van der Waals surface area (Å²) in [6, 6.07) is 17.8. The predicted molar refractivity (Wildman–Crippen MR) is 312 cm³/mol. The Morgan fingerprint density at radius 1 is 0.773 bits per heavy atom. The summed E-state index contributed by atoms with van der Waals surface area (Å²) in [6.07, 6.45) is 2.34. The lowest BCUT2D eigenvalue weighted by molar-refractivity contribution is -0.172. The van der Waals surface area contributed by atoms with Gasteiger partial charge in [-0.2, -0.15) is 4.31 Å². The van der Waals surface area contributed by atoms with E-state index < -0.39 is 88.2 Å². The molecule has 4 aliphatic heterocycles. The maximum atomic E-state index is 15.1. The molecule has 4 aliphatic rings. The molecule has 0 spiro atoms. The highest BCUT2D eigenvalue weighted by Gasteiger charge is 2.46. The molecule has 0 radical (unpaired) electrons. The summed E-state index contributed by atoms with van der Waals surface area (Å²) >= 11 is 0. The van der Waals surface area contributed by atoms with Crippen LogP contribution in [0.15, 0.2) is 94.6 Å². The second-order valence-electron chi connectivity index (χ2n) is 21.2. The number of amides is 7. The summed E-state index contributed by atoms with van der Waals surface area (Å²) in [6.45, 7) is 4.00. The van der Waals surface area contributed by atoms with Gasteiger partial charge in [-0.25, -0.2) is 22.6 Å². The number of hydrogen-bond acceptors (Lipinski definition) is 18. The van der Waals surface area contributed by atoms with Crippen molar-refractivity contribution < 1.29 is 75.2 Å². The number of ether oxygens (including phenoxy) is 4. The molecule has 0 saturated carbocycles. The monoisotopic (exact) mass is 1230 g/mol. The average molecular weight is 1240 g/mol. The van der Waals surface area contributed by atoms with Crippen LogP contribution in [0.3, 0.4) is 0 Å². The van der Waals surface area contributed by atoms with Crippen molar-refractivity contribution >= 4 is 73.9 Å². The zero-order chi connectivity index (χ0) is 62.7. The molecule has 1 saturated heterocycles. The Bertz CT molecular complexity index is 3710. The second kappa shape index (κ2) is 28.5. The predicted octanol–water partition coefficient (Wildman–Crippen LogP) is 0.413. The van der Waals surface area contributed by atoms with Crippen molar-refractivity contribution in [2.45, 2.75) is 69.3 Å². The van der Waals surface area contributed by atoms with Crippen molar-refractivity contribution in [1.82, 2.24) is 44.9 Å². The minimum atomic E-state index is -4.02. The zero-order valence-electron chi connectivity index (χ0n) is 48.4. The van der Waals surface area contributed by atoms with Crippen LogP contribution < -0.4 is 32.1 Å². The molecule has 88 heavy (non-hydrogen) atoms. The first-order valence-electron chi connectivity index (χ1n) is 28.6. The number of anilines is 1. The van der Waals surface area contributed by atoms with Crippen molar-refractivity contribution in [1.29, 1.82) is 0 Å². The molecule has 2 aromatic heterocycles. The summed E-state index contributed by atoms with van der Waals surface area (Å²) in [5.74, 6) is -5.33. The number of benzene rings is 3. The number of pyridine rings is 2. The summed E-state index contributed by atoms with van der Waals surface area (Å²) < 4.78 is 67.3. The first kappa shape index (κ1) is 63.9. The van der Waals surface area contributed by atoms with E-state index in [9.17, 15) is 56.7 Å². The molecule has 466 valence electrons. The molecule has 0 bridgehead atoms. The lowest BCUT2D eigenvalue weighted by Crippen LogP contribution is -2.52. The Kier molecular flexibility index (Phi) is 20.7. The molecular formula is C60H67FN10O16S. The van der Waals surface area contributed by atoms with Gasteiger partial charge < -0.3 is 55.2 Å². The Morgan fingerprint density at radius 2 is 1.42 bits per heavy atom. The van der Waals surface area contributed by atoms with Crippen LogP contribution in [0.25, 0.3) is 22.3 Å². The van der Waals surface area contributed by atoms with Crippen molar-refractivity contribution in [2.24, 2.45) is 0 Å². The third-order valence-corrected chi connectivity index (χ3v) is 17.3. The maximum Gasteiger partial charge on any atom is 0.343 e. The van der Waals surface area contributed by atoms with E-state index in [0.717, 1.165) is 10.5 Å². The Balaban J connectivity index is 0.706. The van der Waals surface area contributed by atoms with Crippen LogP contribution >= 0.6 is 0 Å². The van der Waals surface area contributed by atoms with Gasteiger partial charge in [0.1, 0.15) is 18.5 Å². The van der Waals surface area contributed by atoms with Gasteiger partial charge in [-0.1, -0.05) is 37.3 Å². The molecule has 28 heteroatoms. The average Bonchev–Trinajstić information content (AvgIpc) is 1.97. The van der Waals surface area contributed by atoms with Gasteiger partial charge in [0.2, 0.25) is 39.6 Å². The number of cyclic esters (lactones) is 1. The van der Waals surface area contributed by atoms with Crippen LogP contribution in [0, 0.1) is 12.7 Å². The molecule has 1 fully saturated rings. The number of carbonyl (C=O) groups excluding carboxylic acids is 8. The van der Waals surface area contributed by atoms with E-state index in [1.807, 2.05) is 0 Å². The van der Waals surface area contributed by atoms with E-state index in [1.54, 1.807) is 56.3 Å². The van der Waals surface area contributed by atoms with Gasteiger partial charge in [-0.3, -0.25) is 48.2 Å². The number of fused-ring (bicyclic) bond motifs is 5. The second-order valence-corrected chi connectivity index (χ2v) is 23.2. The molecule has 0 aliphatic carbocycles. The van der Waals surface area contributed by atoms with Gasteiger partial charge in [0, 0.05) is 86.0 Å². The molecule has 3 aromatic carbocycles. The van der Waals surface area contributed by atoms with Crippen LogP contribution in [-0.4, -0.2) is 183 Å². The Morgan fingerprint density at radius 3 is 2.11 bits per heavy atom. The number of halogens is 1. The number of imide groups is 1. The Labute approximate surface area is 504 Å². The van der Waals surface area contributed by atoms with Gasteiger partial charge in [0.15, 0.2) is 5.60 Å². The van der Waals surface area contributed by atoms with Crippen LogP contribution in [0.5, 0.6) is 0 Å². The fraction of sp³-hybridized carbons (Fsp3) is 0.400. The van der Waals surface area contributed by atoms with Crippen LogP contribution in [0.4, 0.5) is 10.1 Å². The number of carbonyl (C=O) groups is 8. The van der Waals surface area contributed by atoms with E-state index in [2.05, 4.69) is 31.5 Å². The minimum Gasteiger partial charge on any atom is -0.458 e. The largest absolute Gasteiger partial charge is 0.458 e. The highest BCUT2D eigenvalue weighted by Crippen LogP contribution is 2.41. The number of aryl methyl sites for hydroxylation is 1. The van der Waals surface area contributed by atoms with E-state index in [-0.39, 0.29) is 125 Å². The quantitative estimate of drug-likeness (QED) is 0.0220. The number of piperazine rings is 1. The number of hydrogen-bond donors (Lipinski definition) is 6. The molecular weight excluding hydrogens is 1170 g/mol. The summed E-state index contributed by atoms with van der Waals surface area (Å²) in [4.78, 5) is 122. The van der Waals surface area contributed by atoms with Crippen LogP contribution in [0.2, 0.25) is 0 Å². The van der Waals surface area contributed by atoms with Gasteiger partial charge in [0.05, 0.1) is 99.7 Å². The molecule has 6 N–H and O–H groups in total. The topological polar surface area (TPSA) is 333 Å². The summed E-state index contributed by atoms with van der Waals surface area (Å²) in [5.41, 5.74) is 1.78. The fourth-order valence-electron chi connectivity index (χ4n) is 10.5. The third kappa shape index (κ3) is 15.0. The summed E-state index contributed by atoms with van der Waals surface area (Å²) in [7, 11) is -4.02. The fourth-order valence-corrected chi connectivity index (χ4v) is 11.9. The number of sulfonamides is 1. The van der Waals surface area contributed by atoms with Gasteiger partial charge >= 0.3 is 5.97 Å². The van der Waals surface area contributed by atoms with Gasteiger partial charge in [-0.05, 0) is 66.4 Å². The molecule has 9 rings (SSSR count). The third-order valence-electron chi connectivity index (χ3n) is 15.4. The molecule has 26 nitrogen and oxygen atoms in total. The minimum absolute atomic E-state index is 0.0258. The lowest BCUT2D eigenvalue weighted by atomic mass is 9.86. The highest BCUT2D eigenvalue weighted by molar-refractivity contribution is 7.89. The number of rotatable bonds is 28. The smallest absolute Gasteiger partial charge is 0.343 e. The SMILES string of the molecule is CC[C@@]1(O)C(=O)OCc2c1cc1n(c2=O)Cc2c-1nc1cc(F)c(C)cc1c2CN1CCN(S(=O)(=O)c2ccc(NC(=O)CNC(=O)[C@H](Cc3ccccc3)NC(=O)CNC(=O)CNC(=O)CCOCCOCCOCCN3C(=O)C=CC3=O)cc2)CC1. The van der Waals surface area contributed by atoms with Crippen LogP contribution in [-0.2, 0) is 99.0 Å². The maximum absolute atomic E-state index is 15.1. The lowest BCUT2D eigenvalue weighted by Gasteiger charge is -2.34. The number of nitrogens with one attached hydrogen (secondary N) is 5. The van der Waals surface area contributed by atoms with Gasteiger partial charge in [0.25, 0.3) is 17.4 Å². The normalized spacial score (nSPS) is 16.8. The van der Waals surface area contributed by atoms with E-state index in [1.165, 1.54) is 51.4 Å². The standard InChI is InChI=1S/C60H67FN10O16S/c1-3-60(81)45-29-49-56-43(35-71(49)58(79)44(45)36-87-59(60)80)42(41-27-37(2)46(61)30-47(41)67-56)34-68-16-18-69(19-17-68)88(82,83)40-11-9-39(10-12-40)65-52(74)33-64-57(78)48(28-38-7-5-4-6-8-38)66-53(75)32-63-51(73)31-62-50(72)15-21-84-23-25-86-26-24-85-22-20-70-54(76)13-14-55(70)77/h4-14,27,29-30,48,81H,3,15-26,28,31-36H2,1-2H3,(H,62,72)(H,63,73)(H,64,78)(H,65,74)(H,66,75)/t48-,60-/m0/s1. The number of aromatic nitrogens is 2. The molecule has 7 amide bonds.